The van der Waals surface area contributed by atoms with Crippen LogP contribution in [0.15, 0.2) is 102 Å². The minimum Gasteiger partial charge on any atom is -0.456 e. The highest BCUT2D eigenvalue weighted by atomic mass is 79.9. The lowest BCUT2D eigenvalue weighted by Gasteiger charge is -2.26. The van der Waals surface area contributed by atoms with Crippen LogP contribution in [0.25, 0.3) is 0 Å². The predicted octanol–water partition coefficient (Wildman–Crippen LogP) is 8.67. The van der Waals surface area contributed by atoms with E-state index in [-0.39, 0.29) is 0 Å². The highest BCUT2D eigenvalue weighted by molar-refractivity contribution is 9.10. The Balaban J connectivity index is 1.74. The summed E-state index contributed by atoms with van der Waals surface area (Å²) in [6.45, 7) is 2.09. The highest BCUT2D eigenvalue weighted by Gasteiger charge is 2.13. The average molecular weight is 465 g/mol. The molecule has 4 heteroatoms. The Morgan fingerprint density at radius 2 is 1.38 bits per heavy atom. The van der Waals surface area contributed by atoms with Crippen LogP contribution >= 0.6 is 27.5 Å². The zero-order chi connectivity index (χ0) is 20.2. The van der Waals surface area contributed by atoms with Gasteiger partial charge in [0.25, 0.3) is 0 Å². The Bertz CT molecular complexity index is 1110. The quantitative estimate of drug-likeness (QED) is 0.293. The van der Waals surface area contributed by atoms with E-state index in [0.29, 0.717) is 10.8 Å². The Morgan fingerprint density at radius 1 is 0.724 bits per heavy atom. The number of hydrogen-bond donors (Lipinski definition) is 0. The topological polar surface area (TPSA) is 12.5 Å². The third-order valence-electron chi connectivity index (χ3n) is 4.53. The molecule has 0 aliphatic rings. The number of ether oxygens (including phenoxy) is 1. The van der Waals surface area contributed by atoms with Gasteiger partial charge in [-0.25, -0.2) is 0 Å². The lowest BCUT2D eigenvalue weighted by atomic mass is 10.1. The standard InChI is InChI=1S/C25H19BrClNO/c1-18-13-15-20(16-14-18)28(19-7-3-2-4-8-19)21-9-5-10-22(17-21)29-24-12-6-11-23(26)25(24)27/h2-17H,1H3. The van der Waals surface area contributed by atoms with Gasteiger partial charge in [0, 0.05) is 27.6 Å². The molecule has 0 heterocycles. The summed E-state index contributed by atoms with van der Waals surface area (Å²) in [6, 6.07) is 32.4. The van der Waals surface area contributed by atoms with Gasteiger partial charge in [0.2, 0.25) is 0 Å². The fourth-order valence-electron chi connectivity index (χ4n) is 3.09. The van der Waals surface area contributed by atoms with Crippen molar-refractivity contribution < 1.29 is 4.74 Å². The van der Waals surface area contributed by atoms with Gasteiger partial charge < -0.3 is 9.64 Å². The Kier molecular flexibility index (Phi) is 5.89. The molecule has 0 aliphatic heterocycles. The van der Waals surface area contributed by atoms with Crippen LogP contribution in [0.4, 0.5) is 17.1 Å². The van der Waals surface area contributed by atoms with E-state index in [0.717, 1.165) is 27.3 Å². The summed E-state index contributed by atoms with van der Waals surface area (Å²) in [7, 11) is 0. The van der Waals surface area contributed by atoms with Gasteiger partial charge >= 0.3 is 0 Å². The second-order valence-corrected chi connectivity index (χ2v) is 7.89. The molecular weight excluding hydrogens is 446 g/mol. The second-order valence-electron chi connectivity index (χ2n) is 6.66. The first-order valence-corrected chi connectivity index (χ1v) is 10.4. The third kappa shape index (κ3) is 4.47. The van der Waals surface area contributed by atoms with E-state index in [9.17, 15) is 0 Å². The van der Waals surface area contributed by atoms with E-state index in [1.165, 1.54) is 5.56 Å². The van der Waals surface area contributed by atoms with Gasteiger partial charge in [0.1, 0.15) is 11.5 Å². The number of nitrogens with zero attached hydrogens (tertiary/aromatic N) is 1. The number of para-hydroxylation sites is 1. The molecule has 0 saturated heterocycles. The van der Waals surface area contributed by atoms with Crippen molar-refractivity contribution in [1.29, 1.82) is 0 Å². The number of anilines is 3. The lowest BCUT2D eigenvalue weighted by Crippen LogP contribution is -2.09. The van der Waals surface area contributed by atoms with Gasteiger partial charge in [0.15, 0.2) is 0 Å². The molecule has 0 aliphatic carbocycles. The van der Waals surface area contributed by atoms with Crippen molar-refractivity contribution in [1.82, 2.24) is 0 Å². The summed E-state index contributed by atoms with van der Waals surface area (Å²) < 4.78 is 6.89. The van der Waals surface area contributed by atoms with Gasteiger partial charge in [0.05, 0.1) is 5.02 Å². The minimum atomic E-state index is 0.552. The first kappa shape index (κ1) is 19.6. The summed E-state index contributed by atoms with van der Waals surface area (Å²) in [4.78, 5) is 2.20. The van der Waals surface area contributed by atoms with Crippen molar-refractivity contribution in [3.63, 3.8) is 0 Å². The van der Waals surface area contributed by atoms with Gasteiger partial charge in [-0.1, -0.05) is 59.6 Å². The van der Waals surface area contributed by atoms with E-state index in [4.69, 9.17) is 16.3 Å². The second kappa shape index (κ2) is 8.73. The number of aryl methyl sites for hydroxylation is 1. The molecule has 4 aromatic carbocycles. The molecule has 0 aromatic heterocycles. The average Bonchev–Trinajstić information content (AvgIpc) is 2.74. The number of halogens is 2. The zero-order valence-electron chi connectivity index (χ0n) is 15.8. The summed E-state index contributed by atoms with van der Waals surface area (Å²) >= 11 is 9.81. The van der Waals surface area contributed by atoms with E-state index in [1.807, 2.05) is 54.6 Å². The van der Waals surface area contributed by atoms with Crippen LogP contribution in [0.2, 0.25) is 5.02 Å². The van der Waals surface area contributed by atoms with Gasteiger partial charge in [-0.05, 0) is 71.4 Å². The molecule has 144 valence electrons. The fraction of sp³-hybridized carbons (Fsp3) is 0.0400. The van der Waals surface area contributed by atoms with Crippen molar-refractivity contribution in [3.8, 4) is 11.5 Å². The van der Waals surface area contributed by atoms with Crippen molar-refractivity contribution in [2.75, 3.05) is 4.90 Å². The molecule has 0 saturated carbocycles. The molecule has 0 radical (unpaired) electrons. The van der Waals surface area contributed by atoms with Crippen LogP contribution in [-0.2, 0) is 0 Å². The lowest BCUT2D eigenvalue weighted by molar-refractivity contribution is 0.483. The third-order valence-corrected chi connectivity index (χ3v) is 5.81. The Morgan fingerprint density at radius 3 is 2.14 bits per heavy atom. The van der Waals surface area contributed by atoms with Crippen molar-refractivity contribution in [2.45, 2.75) is 6.92 Å². The molecule has 0 spiro atoms. The van der Waals surface area contributed by atoms with E-state index < -0.39 is 0 Å². The first-order chi connectivity index (χ1) is 14.1. The number of rotatable bonds is 5. The summed E-state index contributed by atoms with van der Waals surface area (Å²) in [5, 5.41) is 0.552. The molecule has 4 aromatic rings. The largest absolute Gasteiger partial charge is 0.456 e. The highest BCUT2D eigenvalue weighted by Crippen LogP contribution is 2.39. The molecule has 2 nitrogen and oxygen atoms in total. The van der Waals surface area contributed by atoms with Crippen LogP contribution in [-0.4, -0.2) is 0 Å². The molecule has 0 fully saturated rings. The fourth-order valence-corrected chi connectivity index (χ4v) is 3.61. The maximum absolute atomic E-state index is 6.37. The Hall–Kier alpha value is -2.75. The molecular formula is C25H19BrClNO. The van der Waals surface area contributed by atoms with Crippen LogP contribution in [0.3, 0.4) is 0 Å². The van der Waals surface area contributed by atoms with Gasteiger partial charge in [-0.15, -0.1) is 0 Å². The summed E-state index contributed by atoms with van der Waals surface area (Å²) in [5.74, 6) is 1.33. The van der Waals surface area contributed by atoms with Crippen molar-refractivity contribution in [3.05, 3.63) is 112 Å². The maximum atomic E-state index is 6.37. The molecule has 0 amide bonds. The van der Waals surface area contributed by atoms with E-state index in [1.54, 1.807) is 0 Å². The van der Waals surface area contributed by atoms with E-state index >= 15 is 0 Å². The normalized spacial score (nSPS) is 10.6. The molecule has 0 atom stereocenters. The molecule has 0 N–H and O–H groups in total. The SMILES string of the molecule is Cc1ccc(N(c2ccccc2)c2cccc(Oc3cccc(Br)c3Cl)c2)cc1. The van der Waals surface area contributed by atoms with Crippen LogP contribution in [0.5, 0.6) is 11.5 Å². The van der Waals surface area contributed by atoms with E-state index in [2.05, 4.69) is 70.2 Å². The van der Waals surface area contributed by atoms with Crippen LogP contribution in [0.1, 0.15) is 5.56 Å². The molecule has 0 unspecified atom stereocenters. The van der Waals surface area contributed by atoms with Gasteiger partial charge in [-0.3, -0.25) is 0 Å². The van der Waals surface area contributed by atoms with Crippen LogP contribution in [0, 0.1) is 6.92 Å². The number of benzene rings is 4. The monoisotopic (exact) mass is 463 g/mol. The smallest absolute Gasteiger partial charge is 0.147 e. The number of hydrogen-bond acceptors (Lipinski definition) is 2. The molecule has 29 heavy (non-hydrogen) atoms. The molecule has 0 bridgehead atoms. The zero-order valence-corrected chi connectivity index (χ0v) is 18.2. The molecule has 4 rings (SSSR count). The van der Waals surface area contributed by atoms with Gasteiger partial charge in [-0.2, -0.15) is 0 Å². The van der Waals surface area contributed by atoms with Crippen molar-refractivity contribution >= 4 is 44.6 Å². The van der Waals surface area contributed by atoms with Crippen LogP contribution < -0.4 is 9.64 Å². The Labute approximate surface area is 184 Å². The predicted molar refractivity (Wildman–Crippen MR) is 125 cm³/mol. The summed E-state index contributed by atoms with van der Waals surface area (Å²) in [6.07, 6.45) is 0. The van der Waals surface area contributed by atoms with Crippen molar-refractivity contribution in [2.24, 2.45) is 0 Å². The maximum Gasteiger partial charge on any atom is 0.147 e. The first-order valence-electron chi connectivity index (χ1n) is 9.25. The minimum absolute atomic E-state index is 0.552. The summed E-state index contributed by atoms with van der Waals surface area (Å²) in [5.41, 5.74) is 4.39.